The Kier molecular flexibility index (Phi) is 5.68. The summed E-state index contributed by atoms with van der Waals surface area (Å²) in [4.78, 5) is 12.2. The van der Waals surface area contributed by atoms with Gasteiger partial charge >= 0.3 is 0 Å². The summed E-state index contributed by atoms with van der Waals surface area (Å²) >= 11 is 11.9. The third kappa shape index (κ3) is 4.47. The van der Waals surface area contributed by atoms with Crippen LogP contribution in [0.2, 0.25) is 10.0 Å². The van der Waals surface area contributed by atoms with Crippen LogP contribution in [0.1, 0.15) is 12.5 Å². The van der Waals surface area contributed by atoms with E-state index in [-0.39, 0.29) is 5.75 Å². The van der Waals surface area contributed by atoms with E-state index in [1.54, 1.807) is 48.5 Å². The molecule has 7 heteroatoms. The molecule has 1 N–H and O–H groups in total. The zero-order chi connectivity index (χ0) is 17.0. The quantitative estimate of drug-likeness (QED) is 0.865. The first kappa shape index (κ1) is 17.8. The number of benzene rings is 2. The molecule has 1 unspecified atom stereocenters. The maximum Gasteiger partial charge on any atom is 0.242 e. The van der Waals surface area contributed by atoms with Gasteiger partial charge in [0.05, 0.1) is 16.5 Å². The van der Waals surface area contributed by atoms with Gasteiger partial charge in [-0.15, -0.1) is 0 Å². The van der Waals surface area contributed by atoms with Crippen LogP contribution in [0.5, 0.6) is 0 Å². The van der Waals surface area contributed by atoms with Crippen LogP contribution in [-0.2, 0) is 20.4 Å². The number of hydrogen-bond donors (Lipinski definition) is 1. The Hall–Kier alpha value is -1.56. The topological polar surface area (TPSA) is 63.2 Å². The Morgan fingerprint density at radius 2 is 1.61 bits per heavy atom. The van der Waals surface area contributed by atoms with E-state index in [0.717, 1.165) is 0 Å². The molecule has 0 radical (unpaired) electrons. The van der Waals surface area contributed by atoms with Gasteiger partial charge in [-0.3, -0.25) is 4.79 Å². The first-order chi connectivity index (χ1) is 10.8. The molecule has 23 heavy (non-hydrogen) atoms. The number of anilines is 1. The van der Waals surface area contributed by atoms with E-state index in [2.05, 4.69) is 5.32 Å². The lowest BCUT2D eigenvalue weighted by molar-refractivity contribution is -0.115. The molecule has 0 aromatic heterocycles. The van der Waals surface area contributed by atoms with Crippen molar-refractivity contribution in [3.8, 4) is 0 Å². The van der Waals surface area contributed by atoms with E-state index in [9.17, 15) is 13.2 Å². The molecule has 4 nitrogen and oxygen atoms in total. The van der Waals surface area contributed by atoms with Crippen LogP contribution in [0.15, 0.2) is 48.5 Å². The number of sulfone groups is 1. The highest BCUT2D eigenvalue weighted by atomic mass is 35.5. The average Bonchev–Trinajstić information content (AvgIpc) is 2.51. The number of halogens is 2. The minimum Gasteiger partial charge on any atom is -0.324 e. The molecular weight excluding hydrogens is 357 g/mol. The predicted molar refractivity (Wildman–Crippen MR) is 93.6 cm³/mol. The molecular formula is C16H15Cl2NO3S. The van der Waals surface area contributed by atoms with Crippen molar-refractivity contribution in [3.05, 3.63) is 64.1 Å². The largest absolute Gasteiger partial charge is 0.324 e. The van der Waals surface area contributed by atoms with Crippen LogP contribution in [0.3, 0.4) is 0 Å². The second kappa shape index (κ2) is 7.34. The molecule has 0 heterocycles. The molecule has 2 aromatic carbocycles. The van der Waals surface area contributed by atoms with Crippen molar-refractivity contribution in [2.75, 3.05) is 5.32 Å². The summed E-state index contributed by atoms with van der Waals surface area (Å²) in [5.74, 6) is -0.936. The van der Waals surface area contributed by atoms with Gasteiger partial charge < -0.3 is 5.32 Å². The van der Waals surface area contributed by atoms with Crippen molar-refractivity contribution in [2.45, 2.75) is 17.9 Å². The van der Waals surface area contributed by atoms with E-state index >= 15 is 0 Å². The molecule has 0 aliphatic rings. The molecule has 2 aromatic rings. The van der Waals surface area contributed by atoms with Crippen molar-refractivity contribution < 1.29 is 13.2 Å². The second-order valence-electron chi connectivity index (χ2n) is 5.01. The fourth-order valence-electron chi connectivity index (χ4n) is 1.92. The monoisotopic (exact) mass is 371 g/mol. The van der Waals surface area contributed by atoms with E-state index in [4.69, 9.17) is 23.2 Å². The lowest BCUT2D eigenvalue weighted by Gasteiger charge is -2.14. The van der Waals surface area contributed by atoms with Crippen LogP contribution >= 0.6 is 23.2 Å². The number of rotatable bonds is 5. The van der Waals surface area contributed by atoms with Gasteiger partial charge in [-0.05, 0) is 30.7 Å². The number of nitrogens with one attached hydrogen (secondary N) is 1. The van der Waals surface area contributed by atoms with Crippen molar-refractivity contribution in [1.82, 2.24) is 0 Å². The summed E-state index contributed by atoms with van der Waals surface area (Å²) in [5.41, 5.74) is 0.838. The average molecular weight is 372 g/mol. The molecule has 1 atom stereocenters. The summed E-state index contributed by atoms with van der Waals surface area (Å²) in [7, 11) is -3.71. The van der Waals surface area contributed by atoms with Gasteiger partial charge in [0.2, 0.25) is 5.91 Å². The van der Waals surface area contributed by atoms with Crippen molar-refractivity contribution in [1.29, 1.82) is 0 Å². The Morgan fingerprint density at radius 3 is 2.22 bits per heavy atom. The van der Waals surface area contributed by atoms with Crippen molar-refractivity contribution in [3.63, 3.8) is 0 Å². The van der Waals surface area contributed by atoms with E-state index < -0.39 is 21.0 Å². The molecule has 122 valence electrons. The molecule has 2 rings (SSSR count). The van der Waals surface area contributed by atoms with Crippen LogP contribution in [0.4, 0.5) is 5.69 Å². The Balaban J connectivity index is 2.15. The van der Waals surface area contributed by atoms with Crippen molar-refractivity contribution >= 4 is 44.6 Å². The Labute approximate surface area is 145 Å². The van der Waals surface area contributed by atoms with Gasteiger partial charge in [0.15, 0.2) is 9.84 Å². The lowest BCUT2D eigenvalue weighted by atomic mass is 10.2. The van der Waals surface area contributed by atoms with Gasteiger partial charge in [0.1, 0.15) is 5.25 Å². The smallest absolute Gasteiger partial charge is 0.242 e. The van der Waals surface area contributed by atoms with Gasteiger partial charge in [0.25, 0.3) is 0 Å². The van der Waals surface area contributed by atoms with Crippen molar-refractivity contribution in [2.24, 2.45) is 0 Å². The first-order valence-corrected chi connectivity index (χ1v) is 9.29. The summed E-state index contributed by atoms with van der Waals surface area (Å²) in [6.07, 6.45) is 0. The van der Waals surface area contributed by atoms with E-state index in [0.29, 0.717) is 21.3 Å². The molecule has 0 spiro atoms. The number of carbonyl (C=O) groups is 1. The minimum absolute atomic E-state index is 0.302. The molecule has 0 aliphatic carbocycles. The van der Waals surface area contributed by atoms with E-state index in [1.165, 1.54) is 6.92 Å². The highest BCUT2D eigenvalue weighted by Gasteiger charge is 2.29. The van der Waals surface area contributed by atoms with Gasteiger partial charge in [-0.2, -0.15) is 0 Å². The number of hydrogen-bond acceptors (Lipinski definition) is 3. The fourth-order valence-corrected chi connectivity index (χ4v) is 3.70. The predicted octanol–water partition coefficient (Wildman–Crippen LogP) is 3.94. The zero-order valence-electron chi connectivity index (χ0n) is 12.3. The summed E-state index contributed by atoms with van der Waals surface area (Å²) in [6, 6.07) is 13.3. The molecule has 0 saturated heterocycles. The maximum absolute atomic E-state index is 12.4. The third-order valence-corrected chi connectivity index (χ3v) is 6.06. The summed E-state index contributed by atoms with van der Waals surface area (Å²) < 4.78 is 24.8. The highest BCUT2D eigenvalue weighted by molar-refractivity contribution is 7.92. The van der Waals surface area contributed by atoms with Crippen LogP contribution in [0.25, 0.3) is 0 Å². The summed E-state index contributed by atoms with van der Waals surface area (Å²) in [5, 5.41) is 2.01. The van der Waals surface area contributed by atoms with Gasteiger partial charge in [-0.1, -0.05) is 53.5 Å². The Bertz CT molecular complexity index is 822. The molecule has 0 saturated carbocycles. The molecule has 0 bridgehead atoms. The minimum atomic E-state index is -3.71. The third-order valence-electron chi connectivity index (χ3n) is 3.35. The van der Waals surface area contributed by atoms with Crippen LogP contribution in [0, 0.1) is 0 Å². The van der Waals surface area contributed by atoms with Gasteiger partial charge in [-0.25, -0.2) is 8.42 Å². The standard InChI is InChI=1S/C16H15Cl2NO3S/c1-11(16(20)19-15-9-5-4-8-14(15)18)23(21,22)10-12-6-2-3-7-13(12)17/h2-9,11H,10H2,1H3,(H,19,20). The highest BCUT2D eigenvalue weighted by Crippen LogP contribution is 2.23. The number of amides is 1. The van der Waals surface area contributed by atoms with Crippen LogP contribution in [-0.4, -0.2) is 19.6 Å². The summed E-state index contributed by atoms with van der Waals surface area (Å²) in [6.45, 7) is 1.35. The molecule has 0 aliphatic heterocycles. The molecule has 0 fully saturated rings. The zero-order valence-corrected chi connectivity index (χ0v) is 14.6. The van der Waals surface area contributed by atoms with Crippen LogP contribution < -0.4 is 5.32 Å². The lowest BCUT2D eigenvalue weighted by Crippen LogP contribution is -2.33. The first-order valence-electron chi connectivity index (χ1n) is 6.81. The maximum atomic E-state index is 12.4. The van der Waals surface area contributed by atoms with Gasteiger partial charge in [0, 0.05) is 5.02 Å². The molecule has 1 amide bonds. The number of carbonyl (C=O) groups excluding carboxylic acids is 1. The fraction of sp³-hybridized carbons (Fsp3) is 0.188. The van der Waals surface area contributed by atoms with E-state index in [1.807, 2.05) is 0 Å². The normalized spacial score (nSPS) is 12.7. The number of para-hydroxylation sites is 1. The SMILES string of the molecule is CC(C(=O)Nc1ccccc1Cl)S(=O)(=O)Cc1ccccc1Cl. The second-order valence-corrected chi connectivity index (χ2v) is 8.15. The Morgan fingerprint density at radius 1 is 1.04 bits per heavy atom.